The number of nitrogens with one attached hydrogen (secondary N) is 1. The number of carbonyl (C=O) groups is 2. The van der Waals surface area contributed by atoms with Crippen molar-refractivity contribution in [1.29, 1.82) is 0 Å². The number of hydrogen-bond donors (Lipinski definition) is 2. The minimum absolute atomic E-state index is 0.0164. The minimum atomic E-state index is -0.752. The Hall–Kier alpha value is -4.89. The van der Waals surface area contributed by atoms with Crippen LogP contribution in [0.3, 0.4) is 0 Å². The fourth-order valence-corrected chi connectivity index (χ4v) is 5.06. The summed E-state index contributed by atoms with van der Waals surface area (Å²) in [5, 5.41) is 7.93. The Balaban J connectivity index is 1.69. The summed E-state index contributed by atoms with van der Waals surface area (Å²) in [5.41, 5.74) is 12.2. The van der Waals surface area contributed by atoms with Crippen LogP contribution >= 0.6 is 0 Å². The van der Waals surface area contributed by atoms with E-state index in [2.05, 4.69) is 10.2 Å². The largest absolute Gasteiger partial charge is 0.488 e. The van der Waals surface area contributed by atoms with Gasteiger partial charge in [0.15, 0.2) is 0 Å². The molecule has 0 radical (unpaired) electrons. The molecule has 9 nitrogen and oxygen atoms in total. The molecule has 0 aliphatic carbocycles. The van der Waals surface area contributed by atoms with Gasteiger partial charge in [0.2, 0.25) is 5.76 Å². The molecule has 0 bridgehead atoms. The van der Waals surface area contributed by atoms with Gasteiger partial charge >= 0.3 is 11.9 Å². The van der Waals surface area contributed by atoms with E-state index < -0.39 is 11.6 Å². The van der Waals surface area contributed by atoms with E-state index >= 15 is 0 Å². The van der Waals surface area contributed by atoms with E-state index in [1.54, 1.807) is 40.0 Å². The number of furan rings is 1. The molecule has 2 aromatic heterocycles. The molecule has 2 heterocycles. The van der Waals surface area contributed by atoms with Crippen LogP contribution < -0.4 is 10.5 Å². The van der Waals surface area contributed by atoms with Crippen molar-refractivity contribution in [2.24, 2.45) is 5.73 Å². The smallest absolute Gasteiger partial charge is 0.375 e. The van der Waals surface area contributed by atoms with Crippen molar-refractivity contribution in [3.8, 4) is 28.0 Å². The second-order valence-corrected chi connectivity index (χ2v) is 11.5. The first-order chi connectivity index (χ1) is 21.1. The molecular formula is C35H37N3O6. The molecule has 0 aliphatic rings. The number of nitrogens with zero attached hydrogens (tertiary/aromatic N) is 1. The molecule has 0 amide bonds. The van der Waals surface area contributed by atoms with Crippen LogP contribution in [0.1, 0.15) is 60.6 Å². The monoisotopic (exact) mass is 595 g/mol. The number of esters is 2. The van der Waals surface area contributed by atoms with E-state index in [0.717, 1.165) is 33.5 Å². The number of hydrogen-bond acceptors (Lipinski definition) is 8. The molecule has 9 heteroatoms. The van der Waals surface area contributed by atoms with Gasteiger partial charge < -0.3 is 24.4 Å². The highest BCUT2D eigenvalue weighted by Crippen LogP contribution is 2.40. The van der Waals surface area contributed by atoms with E-state index in [1.165, 1.54) is 0 Å². The molecular weight excluding hydrogens is 558 g/mol. The fraction of sp³-hybridized carbons (Fsp3) is 0.286. The number of para-hydroxylation sites is 1. The van der Waals surface area contributed by atoms with Gasteiger partial charge in [0, 0.05) is 34.3 Å². The molecule has 44 heavy (non-hydrogen) atoms. The van der Waals surface area contributed by atoms with Crippen LogP contribution in [0.25, 0.3) is 33.2 Å². The lowest BCUT2D eigenvalue weighted by molar-refractivity contribution is -0.142. The quantitative estimate of drug-likeness (QED) is 0.167. The van der Waals surface area contributed by atoms with Gasteiger partial charge in [-0.15, -0.1) is 0 Å². The van der Waals surface area contributed by atoms with Crippen LogP contribution in [0, 0.1) is 6.92 Å². The summed E-state index contributed by atoms with van der Waals surface area (Å²) in [5.74, 6) is -0.402. The van der Waals surface area contributed by atoms with E-state index in [9.17, 15) is 9.59 Å². The molecule has 5 aromatic rings. The van der Waals surface area contributed by atoms with Gasteiger partial charge in [-0.1, -0.05) is 36.4 Å². The van der Waals surface area contributed by atoms with Crippen molar-refractivity contribution < 1.29 is 28.2 Å². The van der Waals surface area contributed by atoms with Gasteiger partial charge in [0.25, 0.3) is 0 Å². The molecule has 0 atom stereocenters. The highest BCUT2D eigenvalue weighted by atomic mass is 16.6. The molecule has 0 spiro atoms. The summed E-state index contributed by atoms with van der Waals surface area (Å²) in [6.07, 6.45) is 1.79. The number of H-pyrrole nitrogens is 1. The SMILES string of the molecule is CCOC(=O)Cc1ccccc1OCc1c(C(=O)OC(C)(C)C)oc2c(-c3cn[nH]c3C)cc(-c3cccc(CN)c3)cc12. The fourth-order valence-electron chi connectivity index (χ4n) is 5.06. The van der Waals surface area contributed by atoms with Gasteiger partial charge in [-0.3, -0.25) is 9.89 Å². The van der Waals surface area contributed by atoms with Crippen molar-refractivity contribution in [3.63, 3.8) is 0 Å². The zero-order valence-electron chi connectivity index (χ0n) is 25.7. The summed E-state index contributed by atoms with van der Waals surface area (Å²) in [6, 6.07) is 19.3. The highest BCUT2D eigenvalue weighted by molar-refractivity contribution is 6.03. The Morgan fingerprint density at radius 2 is 1.80 bits per heavy atom. The van der Waals surface area contributed by atoms with Gasteiger partial charge in [0.05, 0.1) is 24.8 Å². The zero-order valence-corrected chi connectivity index (χ0v) is 25.7. The molecule has 0 aliphatic heterocycles. The summed E-state index contributed by atoms with van der Waals surface area (Å²) in [6.45, 7) is 9.78. The van der Waals surface area contributed by atoms with Crippen LogP contribution in [0.15, 0.2) is 71.3 Å². The Kier molecular flexibility index (Phi) is 8.87. The number of benzene rings is 3. The van der Waals surface area contributed by atoms with Crippen molar-refractivity contribution in [2.45, 2.75) is 59.8 Å². The summed E-state index contributed by atoms with van der Waals surface area (Å²) < 4.78 is 23.6. The second kappa shape index (κ2) is 12.8. The molecule has 0 saturated heterocycles. The lowest BCUT2D eigenvalue weighted by atomic mass is 9.95. The number of rotatable bonds is 10. The number of nitrogens with two attached hydrogens (primary N) is 1. The molecule has 228 valence electrons. The predicted molar refractivity (Wildman–Crippen MR) is 168 cm³/mol. The molecule has 0 fully saturated rings. The Bertz CT molecular complexity index is 1810. The maximum absolute atomic E-state index is 13.6. The number of aryl methyl sites for hydroxylation is 1. The summed E-state index contributed by atoms with van der Waals surface area (Å²) in [4.78, 5) is 25.9. The topological polar surface area (TPSA) is 130 Å². The third kappa shape index (κ3) is 6.68. The van der Waals surface area contributed by atoms with E-state index in [1.807, 2.05) is 61.5 Å². The minimum Gasteiger partial charge on any atom is -0.488 e. The third-order valence-electron chi connectivity index (χ3n) is 7.08. The number of ether oxygens (including phenoxy) is 3. The average molecular weight is 596 g/mol. The van der Waals surface area contributed by atoms with Crippen LogP contribution in [0.2, 0.25) is 0 Å². The second-order valence-electron chi connectivity index (χ2n) is 11.5. The van der Waals surface area contributed by atoms with Crippen molar-refractivity contribution in [3.05, 3.63) is 95.0 Å². The Morgan fingerprint density at radius 1 is 1.00 bits per heavy atom. The van der Waals surface area contributed by atoms with Crippen LogP contribution in [-0.4, -0.2) is 34.3 Å². The first-order valence-corrected chi connectivity index (χ1v) is 14.6. The lowest BCUT2D eigenvalue weighted by Crippen LogP contribution is -2.24. The van der Waals surface area contributed by atoms with Crippen LogP contribution in [0.5, 0.6) is 5.75 Å². The van der Waals surface area contributed by atoms with Crippen molar-refractivity contribution in [2.75, 3.05) is 6.61 Å². The standard InChI is InChI=1S/C35H37N3O6/c1-6-41-31(39)17-24-11-7-8-13-30(24)42-20-29-27-16-25(23-12-9-10-22(14-23)18-36)15-26(28-19-37-38-21(28)2)32(27)43-33(29)34(40)44-35(3,4)5/h7-16,19H,6,17-18,20,36H2,1-5H3,(H,37,38). The van der Waals surface area contributed by atoms with Crippen LogP contribution in [0.4, 0.5) is 0 Å². The van der Waals surface area contributed by atoms with E-state index in [4.69, 9.17) is 24.4 Å². The lowest BCUT2D eigenvalue weighted by Gasteiger charge is -2.19. The number of fused-ring (bicyclic) bond motifs is 1. The maximum atomic E-state index is 13.6. The molecule has 0 unspecified atom stereocenters. The molecule has 3 N–H and O–H groups in total. The first kappa shape index (κ1) is 30.6. The summed E-state index contributed by atoms with van der Waals surface area (Å²) >= 11 is 0. The molecule has 0 saturated carbocycles. The number of aromatic amines is 1. The maximum Gasteiger partial charge on any atom is 0.375 e. The Labute approximate surface area is 256 Å². The zero-order chi connectivity index (χ0) is 31.4. The molecule has 3 aromatic carbocycles. The average Bonchev–Trinajstić information content (AvgIpc) is 3.59. The van der Waals surface area contributed by atoms with Gasteiger partial charge in [-0.25, -0.2) is 4.79 Å². The number of aromatic nitrogens is 2. The van der Waals surface area contributed by atoms with Gasteiger partial charge in [-0.05, 0) is 75.6 Å². The van der Waals surface area contributed by atoms with Crippen LogP contribution in [-0.2, 0) is 33.8 Å². The number of carbonyl (C=O) groups excluding carboxylic acids is 2. The first-order valence-electron chi connectivity index (χ1n) is 14.6. The normalized spacial score (nSPS) is 11.5. The van der Waals surface area contributed by atoms with E-state index in [0.29, 0.717) is 34.4 Å². The van der Waals surface area contributed by atoms with Crippen molar-refractivity contribution in [1.82, 2.24) is 10.2 Å². The molecule has 5 rings (SSSR count). The summed E-state index contributed by atoms with van der Waals surface area (Å²) in [7, 11) is 0. The van der Waals surface area contributed by atoms with E-state index in [-0.39, 0.29) is 31.4 Å². The van der Waals surface area contributed by atoms with Crippen molar-refractivity contribution >= 4 is 22.9 Å². The predicted octanol–water partition coefficient (Wildman–Crippen LogP) is 6.90. The van der Waals surface area contributed by atoms with Gasteiger partial charge in [-0.2, -0.15) is 5.10 Å². The Morgan fingerprint density at radius 3 is 2.50 bits per heavy atom. The van der Waals surface area contributed by atoms with Gasteiger partial charge in [0.1, 0.15) is 23.5 Å². The third-order valence-corrected chi connectivity index (χ3v) is 7.08. The highest BCUT2D eigenvalue weighted by Gasteiger charge is 2.29.